The first-order chi connectivity index (χ1) is 10.1. The lowest BCUT2D eigenvalue weighted by Crippen LogP contribution is -2.34. The van der Waals surface area contributed by atoms with E-state index in [4.69, 9.17) is 10.9 Å². The minimum atomic E-state index is -0.388. The number of benzene rings is 1. The molecular weight excluding hydrogens is 269 g/mol. The maximum Gasteiger partial charge on any atom is 0.170 e. The minimum absolute atomic E-state index is 0.0587. The summed E-state index contributed by atoms with van der Waals surface area (Å²) >= 11 is 0. The molecule has 5 heteroatoms. The summed E-state index contributed by atoms with van der Waals surface area (Å²) in [5.74, 6) is 0.254. The molecule has 1 saturated carbocycles. The molecule has 0 heterocycles. The van der Waals surface area contributed by atoms with Crippen LogP contribution in [-0.2, 0) is 6.54 Å². The summed E-state index contributed by atoms with van der Waals surface area (Å²) in [6, 6.07) is 4.80. The third-order valence-corrected chi connectivity index (χ3v) is 4.43. The van der Waals surface area contributed by atoms with Crippen molar-refractivity contribution in [3.8, 4) is 0 Å². The van der Waals surface area contributed by atoms with Crippen molar-refractivity contribution in [3.63, 3.8) is 0 Å². The Bertz CT molecular complexity index is 498. The Morgan fingerprint density at radius 1 is 1.43 bits per heavy atom. The largest absolute Gasteiger partial charge is 0.409 e. The van der Waals surface area contributed by atoms with Gasteiger partial charge in [0.1, 0.15) is 5.82 Å². The van der Waals surface area contributed by atoms with Gasteiger partial charge < -0.3 is 16.3 Å². The molecule has 1 aromatic carbocycles. The van der Waals surface area contributed by atoms with Crippen LogP contribution in [0.5, 0.6) is 0 Å². The Morgan fingerprint density at radius 3 is 2.81 bits per heavy atom. The summed E-state index contributed by atoms with van der Waals surface area (Å²) in [5, 5.41) is 15.3. The van der Waals surface area contributed by atoms with Crippen molar-refractivity contribution >= 4 is 5.84 Å². The SMILES string of the molecule is C[C@@H](NCc1ccc(F)cc1/C(N)=N/O)C1CCCCC1. The van der Waals surface area contributed by atoms with Gasteiger partial charge in [-0.1, -0.05) is 30.5 Å². The summed E-state index contributed by atoms with van der Waals surface area (Å²) in [7, 11) is 0. The molecule has 1 atom stereocenters. The van der Waals surface area contributed by atoms with Crippen molar-refractivity contribution < 1.29 is 9.60 Å². The van der Waals surface area contributed by atoms with Crippen molar-refractivity contribution in [1.82, 2.24) is 5.32 Å². The van der Waals surface area contributed by atoms with E-state index in [0.29, 0.717) is 24.1 Å². The zero-order valence-electron chi connectivity index (χ0n) is 12.5. The van der Waals surface area contributed by atoms with Gasteiger partial charge in [0.2, 0.25) is 0 Å². The van der Waals surface area contributed by atoms with Gasteiger partial charge in [-0.15, -0.1) is 0 Å². The molecule has 116 valence electrons. The van der Waals surface area contributed by atoms with Crippen molar-refractivity contribution in [2.45, 2.75) is 51.6 Å². The lowest BCUT2D eigenvalue weighted by molar-refractivity contribution is 0.280. The van der Waals surface area contributed by atoms with Crippen LogP contribution in [0.15, 0.2) is 23.4 Å². The highest BCUT2D eigenvalue weighted by Crippen LogP contribution is 2.26. The number of nitrogens with two attached hydrogens (primary N) is 1. The first-order valence-electron chi connectivity index (χ1n) is 7.61. The molecular formula is C16H24FN3O. The molecule has 4 nitrogen and oxygen atoms in total. The smallest absolute Gasteiger partial charge is 0.170 e. The average Bonchev–Trinajstić information content (AvgIpc) is 2.53. The molecule has 1 aromatic rings. The first kappa shape index (κ1) is 15.8. The van der Waals surface area contributed by atoms with Crippen molar-refractivity contribution in [1.29, 1.82) is 0 Å². The fourth-order valence-corrected chi connectivity index (χ4v) is 3.07. The average molecular weight is 293 g/mol. The van der Waals surface area contributed by atoms with Gasteiger partial charge in [0.05, 0.1) is 0 Å². The van der Waals surface area contributed by atoms with E-state index in [0.717, 1.165) is 5.56 Å². The number of hydrogen-bond donors (Lipinski definition) is 3. The van der Waals surface area contributed by atoms with Gasteiger partial charge in [-0.3, -0.25) is 0 Å². The van der Waals surface area contributed by atoms with Crippen molar-refractivity contribution in [3.05, 3.63) is 35.1 Å². The molecule has 0 bridgehead atoms. The number of hydrogen-bond acceptors (Lipinski definition) is 3. The summed E-state index contributed by atoms with van der Waals surface area (Å²) in [4.78, 5) is 0. The quantitative estimate of drug-likeness (QED) is 0.338. The van der Waals surface area contributed by atoms with Crippen LogP contribution in [0.1, 0.15) is 50.2 Å². The zero-order chi connectivity index (χ0) is 15.2. The second kappa shape index (κ2) is 7.41. The van der Waals surface area contributed by atoms with Crippen LogP contribution in [0.25, 0.3) is 0 Å². The molecule has 0 aliphatic heterocycles. The van der Waals surface area contributed by atoms with Crippen LogP contribution in [0.4, 0.5) is 4.39 Å². The Hall–Kier alpha value is -1.62. The summed E-state index contributed by atoms with van der Waals surface area (Å²) < 4.78 is 13.3. The van der Waals surface area contributed by atoms with Crippen LogP contribution in [0, 0.1) is 11.7 Å². The van der Waals surface area contributed by atoms with Crippen molar-refractivity contribution in [2.75, 3.05) is 0 Å². The second-order valence-electron chi connectivity index (χ2n) is 5.85. The maximum atomic E-state index is 13.3. The molecule has 1 aliphatic rings. The number of oxime groups is 1. The van der Waals surface area contributed by atoms with E-state index in [2.05, 4.69) is 17.4 Å². The molecule has 1 aliphatic carbocycles. The van der Waals surface area contributed by atoms with Gasteiger partial charge in [0, 0.05) is 18.2 Å². The topological polar surface area (TPSA) is 70.6 Å². The molecule has 0 unspecified atom stereocenters. The van der Waals surface area contributed by atoms with Gasteiger partial charge in [-0.2, -0.15) is 0 Å². The highest BCUT2D eigenvalue weighted by atomic mass is 19.1. The molecule has 2 rings (SSSR count). The number of halogens is 1. The number of nitrogens with one attached hydrogen (secondary N) is 1. The maximum absolute atomic E-state index is 13.3. The Balaban J connectivity index is 2.02. The van der Waals surface area contributed by atoms with E-state index in [-0.39, 0.29) is 11.7 Å². The van der Waals surface area contributed by atoms with Crippen molar-refractivity contribution in [2.24, 2.45) is 16.8 Å². The van der Waals surface area contributed by atoms with Gasteiger partial charge in [0.25, 0.3) is 0 Å². The third-order valence-electron chi connectivity index (χ3n) is 4.43. The molecule has 0 saturated heterocycles. The standard InChI is InChI=1S/C16H24FN3O/c1-11(12-5-3-2-4-6-12)19-10-13-7-8-14(17)9-15(13)16(18)20-21/h7-9,11-12,19,21H,2-6,10H2,1H3,(H2,18,20)/t11-/m1/s1. The first-order valence-corrected chi connectivity index (χ1v) is 7.61. The fourth-order valence-electron chi connectivity index (χ4n) is 3.07. The van der Waals surface area contributed by atoms with E-state index >= 15 is 0 Å². The second-order valence-corrected chi connectivity index (χ2v) is 5.85. The number of rotatable bonds is 5. The lowest BCUT2D eigenvalue weighted by Gasteiger charge is -2.28. The molecule has 1 fully saturated rings. The normalized spacial score (nSPS) is 18.7. The van der Waals surface area contributed by atoms with E-state index in [9.17, 15) is 4.39 Å². The summed E-state index contributed by atoms with van der Waals surface area (Å²) in [6.45, 7) is 2.78. The number of amidine groups is 1. The van der Waals surface area contributed by atoms with Crippen LogP contribution in [0.3, 0.4) is 0 Å². The summed E-state index contributed by atoms with van der Waals surface area (Å²) in [6.07, 6.45) is 6.50. The molecule has 0 spiro atoms. The van der Waals surface area contributed by atoms with Gasteiger partial charge in [-0.05, 0) is 43.4 Å². The van der Waals surface area contributed by atoms with Gasteiger partial charge in [-0.25, -0.2) is 4.39 Å². The molecule has 0 aromatic heterocycles. The Kier molecular flexibility index (Phi) is 5.56. The van der Waals surface area contributed by atoms with E-state index in [1.807, 2.05) is 0 Å². The van der Waals surface area contributed by atoms with Gasteiger partial charge >= 0.3 is 0 Å². The lowest BCUT2D eigenvalue weighted by atomic mass is 9.84. The third kappa shape index (κ3) is 4.17. The number of nitrogens with zero attached hydrogens (tertiary/aromatic N) is 1. The van der Waals surface area contributed by atoms with Gasteiger partial charge in [0.15, 0.2) is 5.84 Å². The Labute approximate surface area is 125 Å². The van der Waals surface area contributed by atoms with E-state index in [1.165, 1.54) is 44.2 Å². The summed E-state index contributed by atoms with van der Waals surface area (Å²) in [5.41, 5.74) is 6.91. The highest BCUT2D eigenvalue weighted by molar-refractivity contribution is 5.98. The molecule has 4 N–H and O–H groups in total. The highest BCUT2D eigenvalue weighted by Gasteiger charge is 2.20. The minimum Gasteiger partial charge on any atom is -0.409 e. The molecule has 0 amide bonds. The predicted octanol–water partition coefficient (Wildman–Crippen LogP) is 2.98. The monoisotopic (exact) mass is 293 g/mol. The van der Waals surface area contributed by atoms with E-state index < -0.39 is 0 Å². The van der Waals surface area contributed by atoms with E-state index in [1.54, 1.807) is 6.07 Å². The fraction of sp³-hybridized carbons (Fsp3) is 0.562. The van der Waals surface area contributed by atoms with Crippen LogP contribution in [-0.4, -0.2) is 17.1 Å². The van der Waals surface area contributed by atoms with Crippen LogP contribution < -0.4 is 11.1 Å². The Morgan fingerprint density at radius 2 is 2.14 bits per heavy atom. The van der Waals surface area contributed by atoms with Crippen LogP contribution >= 0.6 is 0 Å². The predicted molar refractivity (Wildman–Crippen MR) is 81.8 cm³/mol. The van der Waals surface area contributed by atoms with Crippen LogP contribution in [0.2, 0.25) is 0 Å². The molecule has 21 heavy (non-hydrogen) atoms. The molecule has 0 radical (unpaired) electrons. The zero-order valence-corrected chi connectivity index (χ0v) is 12.5.